The predicted octanol–water partition coefficient (Wildman–Crippen LogP) is 4.90. The summed E-state index contributed by atoms with van der Waals surface area (Å²) < 4.78 is 9.43. The summed E-state index contributed by atoms with van der Waals surface area (Å²) in [5, 5.41) is 7.03. The van der Waals surface area contributed by atoms with E-state index >= 15 is 0 Å². The quantitative estimate of drug-likeness (QED) is 0.521. The van der Waals surface area contributed by atoms with E-state index in [9.17, 15) is 0 Å². The molecular formula is C19H21BrN4OS. The van der Waals surface area contributed by atoms with E-state index in [4.69, 9.17) is 17.0 Å². The molecule has 1 heterocycles. The molecular weight excluding hydrogens is 412 g/mol. The fourth-order valence-electron chi connectivity index (χ4n) is 2.68. The van der Waals surface area contributed by atoms with Crippen molar-refractivity contribution in [3.8, 4) is 5.75 Å². The minimum absolute atomic E-state index is 0.529. The highest BCUT2D eigenvalue weighted by molar-refractivity contribution is 9.10. The van der Waals surface area contributed by atoms with Crippen LogP contribution in [0.1, 0.15) is 29.4 Å². The van der Waals surface area contributed by atoms with Gasteiger partial charge < -0.3 is 10.2 Å². The van der Waals surface area contributed by atoms with Gasteiger partial charge in [-0.2, -0.15) is 5.10 Å². The summed E-state index contributed by atoms with van der Waals surface area (Å²) in [5.74, 6) is 1.71. The van der Waals surface area contributed by atoms with Gasteiger partial charge >= 0.3 is 0 Å². The molecule has 5 nitrogen and oxygen atoms in total. The molecule has 7 heteroatoms. The van der Waals surface area contributed by atoms with Gasteiger partial charge in [0, 0.05) is 16.5 Å². The number of nitrogens with zero attached hydrogens (tertiary/aromatic N) is 2. The Bertz CT molecular complexity index is 951. The first kappa shape index (κ1) is 18.7. The number of hydrogen-bond acceptors (Lipinski definition) is 4. The van der Waals surface area contributed by atoms with E-state index in [-0.39, 0.29) is 0 Å². The van der Waals surface area contributed by atoms with E-state index in [0.717, 1.165) is 33.6 Å². The molecule has 1 aromatic heterocycles. The number of benzene rings is 2. The van der Waals surface area contributed by atoms with E-state index in [0.29, 0.717) is 17.9 Å². The van der Waals surface area contributed by atoms with Gasteiger partial charge in [-0.25, -0.2) is 4.68 Å². The van der Waals surface area contributed by atoms with Crippen molar-refractivity contribution in [2.75, 3.05) is 5.43 Å². The van der Waals surface area contributed by atoms with Crippen LogP contribution >= 0.6 is 28.1 Å². The van der Waals surface area contributed by atoms with Gasteiger partial charge in [-0.3, -0.25) is 5.10 Å². The van der Waals surface area contributed by atoms with Crippen LogP contribution in [0.4, 0.5) is 0 Å². The molecule has 2 aromatic carbocycles. The Morgan fingerprint density at radius 3 is 2.88 bits per heavy atom. The number of halogens is 1. The number of rotatable bonds is 7. The van der Waals surface area contributed by atoms with Crippen LogP contribution in [0.15, 0.2) is 46.9 Å². The first-order chi connectivity index (χ1) is 12.6. The van der Waals surface area contributed by atoms with Crippen molar-refractivity contribution in [1.29, 1.82) is 0 Å². The third-order valence-electron chi connectivity index (χ3n) is 3.99. The van der Waals surface area contributed by atoms with Crippen molar-refractivity contribution in [1.82, 2.24) is 14.9 Å². The van der Waals surface area contributed by atoms with Gasteiger partial charge in [0.05, 0.1) is 6.54 Å². The van der Waals surface area contributed by atoms with E-state index in [1.165, 1.54) is 5.56 Å². The highest BCUT2D eigenvalue weighted by Crippen LogP contribution is 2.24. The highest BCUT2D eigenvalue weighted by Gasteiger charge is 2.08. The van der Waals surface area contributed by atoms with Crippen LogP contribution in [0.2, 0.25) is 0 Å². The summed E-state index contributed by atoms with van der Waals surface area (Å²) in [6.45, 7) is 5.22. The Morgan fingerprint density at radius 2 is 2.12 bits per heavy atom. The third-order valence-corrected chi connectivity index (χ3v) is 4.75. The third kappa shape index (κ3) is 4.53. The number of hydrogen-bond donors (Lipinski definition) is 2. The topological polar surface area (TPSA) is 54.9 Å². The fourth-order valence-corrected chi connectivity index (χ4v) is 3.31. The van der Waals surface area contributed by atoms with Gasteiger partial charge in [-0.05, 0) is 42.9 Å². The summed E-state index contributed by atoms with van der Waals surface area (Å²) in [6, 6.07) is 14.3. The average Bonchev–Trinajstić information content (AvgIpc) is 2.99. The molecule has 0 unspecified atom stereocenters. The van der Waals surface area contributed by atoms with Crippen molar-refractivity contribution in [3.05, 3.63) is 74.2 Å². The van der Waals surface area contributed by atoms with Crippen LogP contribution in [0, 0.1) is 11.7 Å². The number of nitrogens with one attached hydrogen (secondary N) is 2. The molecule has 0 fully saturated rings. The Morgan fingerprint density at radius 1 is 1.27 bits per heavy atom. The van der Waals surface area contributed by atoms with Crippen molar-refractivity contribution >= 4 is 28.1 Å². The number of H-pyrrole nitrogens is 1. The van der Waals surface area contributed by atoms with Crippen LogP contribution in [-0.2, 0) is 19.6 Å². The summed E-state index contributed by atoms with van der Waals surface area (Å²) in [7, 11) is 0. The standard InChI is InChI=1S/C19H21BrN4OS/c1-3-18-22-23-19(26)24(18)21-11-15-10-16(20)7-8-17(15)25-12-14-6-4-5-13(2)9-14/h4-10,21H,3,11-12H2,1-2H3,(H,23,26). The summed E-state index contributed by atoms with van der Waals surface area (Å²) in [4.78, 5) is 0. The maximum absolute atomic E-state index is 6.07. The number of aromatic nitrogens is 3. The van der Waals surface area contributed by atoms with Crippen LogP contribution in [0.3, 0.4) is 0 Å². The van der Waals surface area contributed by atoms with Crippen molar-refractivity contribution in [2.45, 2.75) is 33.4 Å². The lowest BCUT2D eigenvalue weighted by molar-refractivity contribution is 0.303. The summed E-state index contributed by atoms with van der Waals surface area (Å²) in [6.07, 6.45) is 0.787. The molecule has 0 amide bonds. The zero-order valence-corrected chi connectivity index (χ0v) is 17.2. The smallest absolute Gasteiger partial charge is 0.214 e. The molecule has 0 bridgehead atoms. The zero-order chi connectivity index (χ0) is 18.5. The molecule has 2 N–H and O–H groups in total. The number of aromatic amines is 1. The molecule has 0 radical (unpaired) electrons. The molecule has 0 saturated heterocycles. The van der Waals surface area contributed by atoms with Crippen molar-refractivity contribution in [2.24, 2.45) is 0 Å². The Balaban J connectivity index is 1.75. The summed E-state index contributed by atoms with van der Waals surface area (Å²) >= 11 is 8.82. The van der Waals surface area contributed by atoms with Crippen LogP contribution in [0.25, 0.3) is 0 Å². The average molecular weight is 433 g/mol. The fraction of sp³-hybridized carbons (Fsp3) is 0.263. The Kier molecular flexibility index (Phi) is 6.11. The molecule has 3 rings (SSSR count). The zero-order valence-electron chi connectivity index (χ0n) is 14.8. The highest BCUT2D eigenvalue weighted by atomic mass is 79.9. The van der Waals surface area contributed by atoms with Crippen LogP contribution in [-0.4, -0.2) is 14.9 Å². The van der Waals surface area contributed by atoms with Gasteiger partial charge in [-0.15, -0.1) is 0 Å². The lowest BCUT2D eigenvalue weighted by atomic mass is 10.1. The lowest BCUT2D eigenvalue weighted by Crippen LogP contribution is -2.17. The van der Waals surface area contributed by atoms with Gasteiger partial charge in [0.2, 0.25) is 4.77 Å². The molecule has 0 aliphatic carbocycles. The van der Waals surface area contributed by atoms with Crippen molar-refractivity contribution in [3.63, 3.8) is 0 Å². The van der Waals surface area contributed by atoms with Gasteiger partial charge in [0.1, 0.15) is 12.4 Å². The molecule has 0 aliphatic heterocycles. The minimum Gasteiger partial charge on any atom is -0.489 e. The second kappa shape index (κ2) is 8.51. The van der Waals surface area contributed by atoms with E-state index in [2.05, 4.69) is 56.7 Å². The molecule has 136 valence electrons. The second-order valence-corrected chi connectivity index (χ2v) is 7.30. The molecule has 26 heavy (non-hydrogen) atoms. The molecule has 0 spiro atoms. The largest absolute Gasteiger partial charge is 0.489 e. The monoisotopic (exact) mass is 432 g/mol. The van der Waals surface area contributed by atoms with Crippen LogP contribution in [0.5, 0.6) is 5.75 Å². The first-order valence-electron chi connectivity index (χ1n) is 8.43. The Hall–Kier alpha value is -2.12. The molecule has 0 aliphatic rings. The van der Waals surface area contributed by atoms with Gasteiger partial charge in [-0.1, -0.05) is 52.7 Å². The number of ether oxygens (including phenoxy) is 1. The normalized spacial score (nSPS) is 10.7. The first-order valence-corrected chi connectivity index (χ1v) is 9.64. The second-order valence-electron chi connectivity index (χ2n) is 6.00. The maximum atomic E-state index is 6.07. The number of aryl methyl sites for hydroxylation is 2. The van der Waals surface area contributed by atoms with E-state index < -0.39 is 0 Å². The van der Waals surface area contributed by atoms with Gasteiger partial charge in [0.15, 0.2) is 5.82 Å². The molecule has 0 atom stereocenters. The van der Waals surface area contributed by atoms with E-state index in [1.54, 1.807) is 4.68 Å². The van der Waals surface area contributed by atoms with Gasteiger partial charge in [0.25, 0.3) is 0 Å². The molecule has 0 saturated carbocycles. The van der Waals surface area contributed by atoms with E-state index in [1.807, 2.05) is 31.2 Å². The molecule has 3 aromatic rings. The predicted molar refractivity (Wildman–Crippen MR) is 110 cm³/mol. The van der Waals surface area contributed by atoms with Crippen molar-refractivity contribution < 1.29 is 4.74 Å². The lowest BCUT2D eigenvalue weighted by Gasteiger charge is -2.15. The van der Waals surface area contributed by atoms with Crippen LogP contribution < -0.4 is 10.2 Å². The summed E-state index contributed by atoms with van der Waals surface area (Å²) in [5.41, 5.74) is 6.74. The Labute approximate surface area is 166 Å². The SMILES string of the molecule is CCc1n[nH]c(=S)n1NCc1cc(Br)ccc1OCc1cccc(C)c1. The minimum atomic E-state index is 0.529. The maximum Gasteiger partial charge on any atom is 0.214 e.